The van der Waals surface area contributed by atoms with Crippen molar-refractivity contribution in [1.29, 1.82) is 0 Å². The quantitative estimate of drug-likeness (QED) is 0.937. The van der Waals surface area contributed by atoms with Crippen LogP contribution in [0.2, 0.25) is 0 Å². The lowest BCUT2D eigenvalue weighted by atomic mass is 10.3. The van der Waals surface area contributed by atoms with Crippen LogP contribution in [-0.4, -0.2) is 12.0 Å². The minimum absolute atomic E-state index is 0.303. The molecule has 18 heavy (non-hydrogen) atoms. The highest BCUT2D eigenvalue weighted by atomic mass is 79.9. The minimum atomic E-state index is -0.303. The number of ether oxygens (including phenoxy) is 1. The molecule has 0 saturated heterocycles. The Morgan fingerprint density at radius 2 is 2.17 bits per heavy atom. The lowest BCUT2D eigenvalue weighted by molar-refractivity contribution is 0.305. The zero-order valence-electron chi connectivity index (χ0n) is 9.78. The fourth-order valence-corrected chi connectivity index (χ4v) is 1.75. The van der Waals surface area contributed by atoms with Crippen LogP contribution >= 0.6 is 15.9 Å². The van der Waals surface area contributed by atoms with E-state index in [1.807, 2.05) is 19.2 Å². The number of nitrogens with zero attached hydrogens (tertiary/aromatic N) is 1. The molecule has 1 aromatic heterocycles. The van der Waals surface area contributed by atoms with Crippen LogP contribution in [0.15, 0.2) is 41.0 Å². The molecule has 0 bridgehead atoms. The molecule has 0 radical (unpaired) electrons. The molecule has 0 unspecified atom stereocenters. The Kier molecular flexibility index (Phi) is 4.15. The summed E-state index contributed by atoms with van der Waals surface area (Å²) in [5, 5.41) is 2.94. The van der Waals surface area contributed by atoms with Crippen LogP contribution < -0.4 is 10.1 Å². The highest BCUT2D eigenvalue weighted by molar-refractivity contribution is 9.10. The van der Waals surface area contributed by atoms with E-state index in [-0.39, 0.29) is 5.82 Å². The van der Waals surface area contributed by atoms with Crippen molar-refractivity contribution in [2.75, 3.05) is 12.4 Å². The normalized spacial score (nSPS) is 10.2. The summed E-state index contributed by atoms with van der Waals surface area (Å²) in [5.41, 5.74) is 0.953. The summed E-state index contributed by atoms with van der Waals surface area (Å²) in [6.07, 6.45) is 1.74. The van der Waals surface area contributed by atoms with E-state index in [1.165, 1.54) is 6.07 Å². The van der Waals surface area contributed by atoms with Crippen LogP contribution in [0.4, 0.5) is 10.2 Å². The maximum absolute atomic E-state index is 13.0. The predicted molar refractivity (Wildman–Crippen MR) is 72.2 cm³/mol. The molecule has 2 rings (SSSR count). The largest absolute Gasteiger partial charge is 0.489 e. The number of benzene rings is 1. The SMILES string of the molecule is CNc1ccc(COc2ccc(F)c(Br)c2)cn1. The molecular formula is C13H12BrFN2O. The molecule has 0 amide bonds. The number of hydrogen-bond donors (Lipinski definition) is 1. The Morgan fingerprint density at radius 1 is 1.33 bits per heavy atom. The average Bonchev–Trinajstić information content (AvgIpc) is 2.41. The van der Waals surface area contributed by atoms with Crippen LogP contribution in [0.3, 0.4) is 0 Å². The maximum Gasteiger partial charge on any atom is 0.137 e. The van der Waals surface area contributed by atoms with Gasteiger partial charge in [-0.05, 0) is 40.2 Å². The number of aromatic nitrogens is 1. The fourth-order valence-electron chi connectivity index (χ4n) is 1.39. The topological polar surface area (TPSA) is 34.1 Å². The van der Waals surface area contributed by atoms with E-state index in [4.69, 9.17) is 4.74 Å². The molecule has 5 heteroatoms. The monoisotopic (exact) mass is 310 g/mol. The zero-order chi connectivity index (χ0) is 13.0. The summed E-state index contributed by atoms with van der Waals surface area (Å²) in [6, 6.07) is 8.36. The van der Waals surface area contributed by atoms with Crippen LogP contribution in [0, 0.1) is 5.82 Å². The highest BCUT2D eigenvalue weighted by Crippen LogP contribution is 2.22. The first kappa shape index (κ1) is 12.8. The number of anilines is 1. The fraction of sp³-hybridized carbons (Fsp3) is 0.154. The van der Waals surface area contributed by atoms with Gasteiger partial charge in [-0.25, -0.2) is 9.37 Å². The second-order valence-corrected chi connectivity index (χ2v) is 4.52. The van der Waals surface area contributed by atoms with Gasteiger partial charge in [0.2, 0.25) is 0 Å². The molecule has 0 aliphatic heterocycles. The molecule has 0 saturated carbocycles. The van der Waals surface area contributed by atoms with Crippen molar-refractivity contribution in [3.8, 4) is 5.75 Å². The van der Waals surface area contributed by atoms with E-state index in [2.05, 4.69) is 26.2 Å². The lowest BCUT2D eigenvalue weighted by Crippen LogP contribution is -1.98. The molecule has 2 aromatic rings. The number of nitrogens with one attached hydrogen (secondary N) is 1. The molecular weight excluding hydrogens is 299 g/mol. The first-order valence-electron chi connectivity index (χ1n) is 5.39. The molecule has 0 spiro atoms. The third-order valence-corrected chi connectivity index (χ3v) is 2.99. The minimum Gasteiger partial charge on any atom is -0.489 e. The van der Waals surface area contributed by atoms with Crippen LogP contribution in [-0.2, 0) is 6.61 Å². The van der Waals surface area contributed by atoms with Gasteiger partial charge in [-0.1, -0.05) is 6.07 Å². The van der Waals surface area contributed by atoms with E-state index in [0.717, 1.165) is 11.4 Å². The Bertz CT molecular complexity index is 531. The molecule has 0 aliphatic carbocycles. The second-order valence-electron chi connectivity index (χ2n) is 3.67. The Balaban J connectivity index is 1.99. The van der Waals surface area contributed by atoms with Gasteiger partial charge in [-0.2, -0.15) is 0 Å². The number of halogens is 2. The van der Waals surface area contributed by atoms with E-state index in [9.17, 15) is 4.39 Å². The first-order chi connectivity index (χ1) is 8.69. The Labute approximate surface area is 113 Å². The average molecular weight is 311 g/mol. The van der Waals surface area contributed by atoms with Gasteiger partial charge in [-0.3, -0.25) is 0 Å². The number of rotatable bonds is 4. The summed E-state index contributed by atoms with van der Waals surface area (Å²) in [6.45, 7) is 0.398. The summed E-state index contributed by atoms with van der Waals surface area (Å²) in [7, 11) is 1.81. The van der Waals surface area contributed by atoms with Crippen molar-refractivity contribution in [3.63, 3.8) is 0 Å². The Morgan fingerprint density at radius 3 is 2.78 bits per heavy atom. The van der Waals surface area contributed by atoms with Gasteiger partial charge in [0, 0.05) is 18.8 Å². The van der Waals surface area contributed by atoms with E-state index >= 15 is 0 Å². The van der Waals surface area contributed by atoms with Crippen LogP contribution in [0.25, 0.3) is 0 Å². The molecule has 1 heterocycles. The molecule has 1 N–H and O–H groups in total. The van der Waals surface area contributed by atoms with Crippen molar-refractivity contribution in [2.45, 2.75) is 6.61 Å². The zero-order valence-corrected chi connectivity index (χ0v) is 11.4. The van der Waals surface area contributed by atoms with Gasteiger partial charge in [0.05, 0.1) is 4.47 Å². The van der Waals surface area contributed by atoms with Crippen molar-refractivity contribution in [1.82, 2.24) is 4.98 Å². The van der Waals surface area contributed by atoms with Gasteiger partial charge in [0.25, 0.3) is 0 Å². The standard InChI is InChI=1S/C13H12BrFN2O/c1-16-13-5-2-9(7-17-13)8-18-10-3-4-12(15)11(14)6-10/h2-7H,8H2,1H3,(H,16,17). The van der Waals surface area contributed by atoms with Crippen LogP contribution in [0.5, 0.6) is 5.75 Å². The smallest absolute Gasteiger partial charge is 0.137 e. The summed E-state index contributed by atoms with van der Waals surface area (Å²) >= 11 is 3.12. The van der Waals surface area contributed by atoms with E-state index in [0.29, 0.717) is 16.8 Å². The van der Waals surface area contributed by atoms with Gasteiger partial charge < -0.3 is 10.1 Å². The number of hydrogen-bond acceptors (Lipinski definition) is 3. The molecule has 0 aliphatic rings. The van der Waals surface area contributed by atoms with Gasteiger partial charge in [0.1, 0.15) is 24.0 Å². The predicted octanol–water partition coefficient (Wildman–Crippen LogP) is 3.60. The molecule has 0 atom stereocenters. The van der Waals surface area contributed by atoms with Crippen LogP contribution in [0.1, 0.15) is 5.56 Å². The first-order valence-corrected chi connectivity index (χ1v) is 6.19. The molecule has 0 fully saturated rings. The number of pyridine rings is 1. The van der Waals surface area contributed by atoms with Crippen molar-refractivity contribution < 1.29 is 9.13 Å². The lowest BCUT2D eigenvalue weighted by Gasteiger charge is -2.07. The highest BCUT2D eigenvalue weighted by Gasteiger charge is 2.02. The Hall–Kier alpha value is -1.62. The second kappa shape index (κ2) is 5.82. The van der Waals surface area contributed by atoms with Crippen molar-refractivity contribution >= 4 is 21.7 Å². The van der Waals surface area contributed by atoms with E-state index < -0.39 is 0 Å². The van der Waals surface area contributed by atoms with Crippen molar-refractivity contribution in [3.05, 3.63) is 52.4 Å². The molecule has 3 nitrogen and oxygen atoms in total. The maximum atomic E-state index is 13.0. The van der Waals surface area contributed by atoms with E-state index in [1.54, 1.807) is 18.3 Å². The van der Waals surface area contributed by atoms with Gasteiger partial charge in [-0.15, -0.1) is 0 Å². The van der Waals surface area contributed by atoms with Crippen molar-refractivity contribution in [2.24, 2.45) is 0 Å². The molecule has 94 valence electrons. The third-order valence-electron chi connectivity index (χ3n) is 2.38. The summed E-state index contributed by atoms with van der Waals surface area (Å²) < 4.78 is 19.0. The summed E-state index contributed by atoms with van der Waals surface area (Å²) in [4.78, 5) is 4.18. The third kappa shape index (κ3) is 3.20. The molecule has 1 aromatic carbocycles. The van der Waals surface area contributed by atoms with Gasteiger partial charge >= 0.3 is 0 Å². The summed E-state index contributed by atoms with van der Waals surface area (Å²) in [5.74, 6) is 1.12. The van der Waals surface area contributed by atoms with Gasteiger partial charge in [0.15, 0.2) is 0 Å².